The van der Waals surface area contributed by atoms with Gasteiger partial charge in [0, 0.05) is 36.6 Å². The molecule has 1 aliphatic carbocycles. The van der Waals surface area contributed by atoms with Gasteiger partial charge in [-0.2, -0.15) is 0 Å². The third-order valence-corrected chi connectivity index (χ3v) is 5.77. The molecule has 0 bridgehead atoms. The summed E-state index contributed by atoms with van der Waals surface area (Å²) in [6.07, 6.45) is 6.08. The molecule has 1 aromatic heterocycles. The number of allylic oxidation sites excluding steroid dienone is 1. The van der Waals surface area contributed by atoms with Crippen molar-refractivity contribution in [1.29, 1.82) is 5.41 Å². The maximum Gasteiger partial charge on any atom is 0.119 e. The number of hydrogen-bond donors (Lipinski definition) is 3. The highest BCUT2D eigenvalue weighted by atomic mass is 16.5. The van der Waals surface area contributed by atoms with Crippen LogP contribution in [0.1, 0.15) is 41.0 Å². The maximum atomic E-state index is 8.79. The first kappa shape index (κ1) is 19.4. The van der Waals surface area contributed by atoms with Crippen molar-refractivity contribution in [1.82, 2.24) is 15.6 Å². The first-order chi connectivity index (χ1) is 15.3. The Kier molecular flexibility index (Phi) is 5.40. The van der Waals surface area contributed by atoms with Crippen LogP contribution in [0.15, 0.2) is 78.9 Å². The molecule has 3 aromatic rings. The smallest absolute Gasteiger partial charge is 0.119 e. The number of nitrogens with one attached hydrogen (secondary N) is 3. The predicted molar refractivity (Wildman–Crippen MR) is 123 cm³/mol. The molecule has 2 aromatic carbocycles. The van der Waals surface area contributed by atoms with Crippen molar-refractivity contribution < 1.29 is 4.74 Å². The minimum absolute atomic E-state index is 0.462. The van der Waals surface area contributed by atoms with Gasteiger partial charge in [0.15, 0.2) is 0 Å². The summed E-state index contributed by atoms with van der Waals surface area (Å²) in [4.78, 5) is 4.07. The standard InChI is InChI=1S/C26H26N4O/c27-25(22-11-13-28-14-12-22)24(26-29-15-16-30-26)21-7-9-23(10-8-21)31-17-18-1-3-19(4-2-18)20-5-6-20/h1-4,7-14,20,27,29-30H,5-6,15-17H2. The average molecular weight is 411 g/mol. The van der Waals surface area contributed by atoms with Crippen molar-refractivity contribution >= 4 is 11.3 Å². The predicted octanol–water partition coefficient (Wildman–Crippen LogP) is 4.47. The normalized spacial score (nSPS) is 15.2. The highest BCUT2D eigenvalue weighted by Gasteiger charge is 2.23. The molecule has 31 heavy (non-hydrogen) atoms. The largest absolute Gasteiger partial charge is 0.489 e. The molecule has 0 amide bonds. The zero-order chi connectivity index (χ0) is 21.0. The Morgan fingerprint density at radius 2 is 1.55 bits per heavy atom. The van der Waals surface area contributed by atoms with Crippen LogP contribution in [0.5, 0.6) is 5.75 Å². The van der Waals surface area contributed by atoms with Gasteiger partial charge in [0.25, 0.3) is 0 Å². The first-order valence-electron chi connectivity index (χ1n) is 10.8. The van der Waals surface area contributed by atoms with E-state index in [1.54, 1.807) is 12.4 Å². The Morgan fingerprint density at radius 3 is 2.19 bits per heavy atom. The van der Waals surface area contributed by atoms with Crippen LogP contribution >= 0.6 is 0 Å². The SMILES string of the molecule is N=C(C(=C1NCCN1)c1ccc(OCc2ccc(C3CC3)cc2)cc1)c1ccncc1. The zero-order valence-electron chi connectivity index (χ0n) is 17.4. The van der Waals surface area contributed by atoms with Crippen LogP contribution in [0.25, 0.3) is 5.57 Å². The summed E-state index contributed by atoms with van der Waals surface area (Å²) in [5, 5.41) is 15.5. The van der Waals surface area contributed by atoms with E-state index >= 15 is 0 Å². The lowest BCUT2D eigenvalue weighted by molar-refractivity contribution is 0.306. The highest BCUT2D eigenvalue weighted by Crippen LogP contribution is 2.39. The van der Waals surface area contributed by atoms with Gasteiger partial charge in [-0.05, 0) is 59.7 Å². The molecule has 1 aliphatic heterocycles. The molecule has 1 saturated heterocycles. The van der Waals surface area contributed by atoms with Gasteiger partial charge in [0.2, 0.25) is 0 Å². The lowest BCUT2D eigenvalue weighted by atomic mass is 9.96. The van der Waals surface area contributed by atoms with Crippen LogP contribution in [-0.2, 0) is 6.61 Å². The Morgan fingerprint density at radius 1 is 0.871 bits per heavy atom. The summed E-state index contributed by atoms with van der Waals surface area (Å²) >= 11 is 0. The summed E-state index contributed by atoms with van der Waals surface area (Å²) in [6.45, 7) is 2.25. The lowest BCUT2D eigenvalue weighted by Crippen LogP contribution is -2.18. The number of benzene rings is 2. The van der Waals surface area contributed by atoms with E-state index in [2.05, 4.69) is 39.9 Å². The third kappa shape index (κ3) is 4.45. The van der Waals surface area contributed by atoms with Gasteiger partial charge >= 0.3 is 0 Å². The Balaban J connectivity index is 1.32. The number of hydrogen-bond acceptors (Lipinski definition) is 5. The summed E-state index contributed by atoms with van der Waals surface area (Å²) in [5.74, 6) is 2.49. The van der Waals surface area contributed by atoms with Crippen molar-refractivity contribution in [2.24, 2.45) is 0 Å². The Labute approximate surface area is 182 Å². The van der Waals surface area contributed by atoms with E-state index in [0.29, 0.717) is 12.3 Å². The molecule has 2 heterocycles. The van der Waals surface area contributed by atoms with Crippen LogP contribution in [0.3, 0.4) is 0 Å². The van der Waals surface area contributed by atoms with E-state index < -0.39 is 0 Å². The van der Waals surface area contributed by atoms with Crippen LogP contribution < -0.4 is 15.4 Å². The quantitative estimate of drug-likeness (QED) is 0.503. The second-order valence-electron chi connectivity index (χ2n) is 8.04. The molecule has 1 saturated carbocycles. The Hall–Kier alpha value is -3.60. The molecule has 0 atom stereocenters. The van der Waals surface area contributed by atoms with E-state index in [0.717, 1.165) is 47.3 Å². The van der Waals surface area contributed by atoms with Crippen molar-refractivity contribution in [2.45, 2.75) is 25.4 Å². The third-order valence-electron chi connectivity index (χ3n) is 5.77. The molecule has 3 N–H and O–H groups in total. The molecule has 5 nitrogen and oxygen atoms in total. The molecule has 5 rings (SSSR count). The maximum absolute atomic E-state index is 8.79. The molecule has 0 spiro atoms. The zero-order valence-corrected chi connectivity index (χ0v) is 17.4. The van der Waals surface area contributed by atoms with Gasteiger partial charge in [-0.25, -0.2) is 0 Å². The van der Waals surface area contributed by atoms with E-state index in [-0.39, 0.29) is 0 Å². The number of pyridine rings is 1. The van der Waals surface area contributed by atoms with Crippen molar-refractivity contribution in [3.8, 4) is 5.75 Å². The topological polar surface area (TPSA) is 70.0 Å². The van der Waals surface area contributed by atoms with Crippen molar-refractivity contribution in [3.05, 3.63) is 101 Å². The van der Waals surface area contributed by atoms with E-state index in [9.17, 15) is 0 Å². The van der Waals surface area contributed by atoms with E-state index in [4.69, 9.17) is 10.1 Å². The number of ether oxygens (including phenoxy) is 1. The molecule has 2 fully saturated rings. The minimum atomic E-state index is 0.462. The summed E-state index contributed by atoms with van der Waals surface area (Å²) in [6, 6.07) is 20.5. The second-order valence-corrected chi connectivity index (χ2v) is 8.04. The second kappa shape index (κ2) is 8.64. The van der Waals surface area contributed by atoms with Gasteiger partial charge in [0.05, 0.1) is 5.71 Å². The summed E-state index contributed by atoms with van der Waals surface area (Å²) < 4.78 is 6.00. The molecule has 156 valence electrons. The number of nitrogens with zero attached hydrogens (tertiary/aromatic N) is 1. The van der Waals surface area contributed by atoms with Crippen LogP contribution in [0.4, 0.5) is 0 Å². The van der Waals surface area contributed by atoms with Gasteiger partial charge in [-0.3, -0.25) is 10.4 Å². The fourth-order valence-electron chi connectivity index (χ4n) is 3.88. The summed E-state index contributed by atoms with van der Waals surface area (Å²) in [7, 11) is 0. The molecule has 5 heteroatoms. The first-order valence-corrected chi connectivity index (χ1v) is 10.8. The van der Waals surface area contributed by atoms with Gasteiger partial charge in [-0.15, -0.1) is 0 Å². The lowest BCUT2D eigenvalue weighted by Gasteiger charge is -2.15. The fourth-order valence-corrected chi connectivity index (χ4v) is 3.88. The Bertz CT molecular complexity index is 1080. The molecular formula is C26H26N4O. The van der Waals surface area contributed by atoms with Crippen LogP contribution in [-0.4, -0.2) is 23.8 Å². The van der Waals surface area contributed by atoms with Gasteiger partial charge in [-0.1, -0.05) is 36.4 Å². The fraction of sp³-hybridized carbons (Fsp3) is 0.231. The van der Waals surface area contributed by atoms with Gasteiger partial charge in [0.1, 0.15) is 18.2 Å². The molecule has 2 aliphatic rings. The van der Waals surface area contributed by atoms with Crippen molar-refractivity contribution in [2.75, 3.05) is 13.1 Å². The van der Waals surface area contributed by atoms with Crippen molar-refractivity contribution in [3.63, 3.8) is 0 Å². The molecular weight excluding hydrogens is 384 g/mol. The molecule has 0 radical (unpaired) electrons. The average Bonchev–Trinajstić information content (AvgIpc) is 3.55. The highest BCUT2D eigenvalue weighted by molar-refractivity contribution is 6.30. The van der Waals surface area contributed by atoms with E-state index in [1.165, 1.54) is 24.0 Å². The van der Waals surface area contributed by atoms with Crippen LogP contribution in [0, 0.1) is 5.41 Å². The number of rotatable bonds is 7. The van der Waals surface area contributed by atoms with Gasteiger partial charge < -0.3 is 15.4 Å². The monoisotopic (exact) mass is 410 g/mol. The summed E-state index contributed by atoms with van der Waals surface area (Å²) in [5.41, 5.74) is 5.74. The van der Waals surface area contributed by atoms with Crippen LogP contribution in [0.2, 0.25) is 0 Å². The number of aromatic nitrogens is 1. The minimum Gasteiger partial charge on any atom is -0.489 e. The van der Waals surface area contributed by atoms with E-state index in [1.807, 2.05) is 36.4 Å². The molecule has 0 unspecified atom stereocenters.